The summed E-state index contributed by atoms with van der Waals surface area (Å²) in [7, 11) is 0. The molecule has 2 N–H and O–H groups in total. The maximum atomic E-state index is 10.5. The fourth-order valence-electron chi connectivity index (χ4n) is 1.07. The molecule has 82 valence electrons. The number of aldehydes is 1. The lowest BCUT2D eigenvalue weighted by Gasteiger charge is -1.98. The van der Waals surface area contributed by atoms with Gasteiger partial charge in [-0.3, -0.25) is 9.59 Å². The molecule has 16 heavy (non-hydrogen) atoms. The van der Waals surface area contributed by atoms with E-state index in [0.717, 1.165) is 0 Å². The number of amides is 1. The van der Waals surface area contributed by atoms with Crippen molar-refractivity contribution in [1.82, 2.24) is 5.32 Å². The molecule has 1 rings (SSSR count). The predicted octanol–water partition coefficient (Wildman–Crippen LogP) is 0.692. The summed E-state index contributed by atoms with van der Waals surface area (Å²) in [6, 6.07) is 4.73. The maximum Gasteiger partial charge on any atom is 0.217 e. The lowest BCUT2D eigenvalue weighted by Crippen LogP contribution is -2.19. The predicted molar refractivity (Wildman–Crippen MR) is 59.1 cm³/mol. The van der Waals surface area contributed by atoms with Gasteiger partial charge in [0.25, 0.3) is 0 Å². The fourth-order valence-corrected chi connectivity index (χ4v) is 1.07. The highest BCUT2D eigenvalue weighted by molar-refractivity contribution is 5.80. The Hall–Kier alpha value is -2.28. The molecule has 0 heterocycles. The zero-order valence-corrected chi connectivity index (χ0v) is 8.78. The van der Waals surface area contributed by atoms with Crippen LogP contribution in [0.2, 0.25) is 0 Å². The molecule has 4 nitrogen and oxygen atoms in total. The van der Waals surface area contributed by atoms with Crippen molar-refractivity contribution in [2.24, 2.45) is 0 Å². The van der Waals surface area contributed by atoms with Gasteiger partial charge in [0.1, 0.15) is 5.75 Å². The van der Waals surface area contributed by atoms with Crippen molar-refractivity contribution in [2.75, 3.05) is 6.54 Å². The Balaban J connectivity index is 2.81. The molecule has 0 unspecified atom stereocenters. The summed E-state index contributed by atoms with van der Waals surface area (Å²) >= 11 is 0. The lowest BCUT2D eigenvalue weighted by molar-refractivity contribution is -0.118. The summed E-state index contributed by atoms with van der Waals surface area (Å²) in [4.78, 5) is 21.1. The van der Waals surface area contributed by atoms with Crippen LogP contribution in [0.4, 0.5) is 0 Å². The molecule has 4 heteroatoms. The molecular formula is C12H11NO3. The highest BCUT2D eigenvalue weighted by atomic mass is 16.3. The van der Waals surface area contributed by atoms with Crippen molar-refractivity contribution >= 4 is 12.2 Å². The van der Waals surface area contributed by atoms with Gasteiger partial charge >= 0.3 is 0 Å². The molecule has 0 saturated carbocycles. The van der Waals surface area contributed by atoms with E-state index in [2.05, 4.69) is 17.2 Å². The number of carbonyl (C=O) groups is 2. The second-order valence-corrected chi connectivity index (χ2v) is 3.07. The van der Waals surface area contributed by atoms with Crippen LogP contribution >= 0.6 is 0 Å². The number of rotatable bonds is 2. The van der Waals surface area contributed by atoms with Gasteiger partial charge in [0, 0.05) is 6.92 Å². The second-order valence-electron chi connectivity index (χ2n) is 3.07. The van der Waals surface area contributed by atoms with Crippen LogP contribution in [0.5, 0.6) is 5.75 Å². The number of hydrogen-bond acceptors (Lipinski definition) is 3. The Labute approximate surface area is 93.3 Å². The average Bonchev–Trinajstić information content (AvgIpc) is 2.26. The zero-order chi connectivity index (χ0) is 12.0. The Morgan fingerprint density at radius 2 is 2.31 bits per heavy atom. The van der Waals surface area contributed by atoms with Crippen molar-refractivity contribution in [3.8, 4) is 17.6 Å². The van der Waals surface area contributed by atoms with Crippen LogP contribution < -0.4 is 5.32 Å². The van der Waals surface area contributed by atoms with E-state index in [-0.39, 0.29) is 23.8 Å². The summed E-state index contributed by atoms with van der Waals surface area (Å²) in [6.07, 6.45) is 0.564. The van der Waals surface area contributed by atoms with Gasteiger partial charge in [-0.2, -0.15) is 0 Å². The maximum absolute atomic E-state index is 10.5. The molecule has 0 aromatic heterocycles. The summed E-state index contributed by atoms with van der Waals surface area (Å²) in [5.74, 6) is 5.04. The Bertz CT molecular complexity index is 469. The number of hydrogen-bond donors (Lipinski definition) is 2. The van der Waals surface area contributed by atoms with Gasteiger partial charge in [-0.25, -0.2) is 0 Å². The van der Waals surface area contributed by atoms with Gasteiger partial charge in [0.15, 0.2) is 6.29 Å². The van der Waals surface area contributed by atoms with E-state index in [1.165, 1.54) is 13.0 Å². The van der Waals surface area contributed by atoms with Crippen LogP contribution in [-0.4, -0.2) is 23.8 Å². The van der Waals surface area contributed by atoms with Gasteiger partial charge in [-0.1, -0.05) is 17.9 Å². The van der Waals surface area contributed by atoms with E-state index in [9.17, 15) is 14.7 Å². The van der Waals surface area contributed by atoms with Gasteiger partial charge in [-0.05, 0) is 12.1 Å². The number of benzene rings is 1. The molecule has 0 spiro atoms. The third-order valence-electron chi connectivity index (χ3n) is 1.84. The molecule has 0 radical (unpaired) electrons. The number of aromatic hydroxyl groups is 1. The van der Waals surface area contributed by atoms with Gasteiger partial charge in [0.05, 0.1) is 17.7 Å². The second kappa shape index (κ2) is 5.56. The van der Waals surface area contributed by atoms with E-state index >= 15 is 0 Å². The van der Waals surface area contributed by atoms with Crippen molar-refractivity contribution in [1.29, 1.82) is 0 Å². The first-order chi connectivity index (χ1) is 7.65. The summed E-state index contributed by atoms with van der Waals surface area (Å²) in [5.41, 5.74) is 0.571. The van der Waals surface area contributed by atoms with Crippen molar-refractivity contribution in [3.63, 3.8) is 0 Å². The molecule has 0 saturated heterocycles. The SMILES string of the molecule is CC(=O)NCC#Cc1cccc(C=O)c1O. The standard InChI is InChI=1S/C12H11NO3/c1-9(15)13-7-3-6-10-4-2-5-11(8-14)12(10)16/h2,4-5,8,16H,7H2,1H3,(H,13,15). The Morgan fingerprint density at radius 3 is 2.94 bits per heavy atom. The smallest absolute Gasteiger partial charge is 0.217 e. The van der Waals surface area contributed by atoms with Gasteiger partial charge < -0.3 is 10.4 Å². The molecule has 1 aromatic rings. The molecule has 0 fully saturated rings. The van der Waals surface area contributed by atoms with E-state index in [1.807, 2.05) is 0 Å². The quantitative estimate of drug-likeness (QED) is 0.566. The zero-order valence-electron chi connectivity index (χ0n) is 8.78. The monoisotopic (exact) mass is 217 g/mol. The topological polar surface area (TPSA) is 66.4 Å². The summed E-state index contributed by atoms with van der Waals surface area (Å²) in [5, 5.41) is 12.1. The van der Waals surface area contributed by atoms with E-state index < -0.39 is 0 Å². The van der Waals surface area contributed by atoms with Crippen LogP contribution in [0, 0.1) is 11.8 Å². The van der Waals surface area contributed by atoms with Crippen LogP contribution in [0.1, 0.15) is 22.8 Å². The van der Waals surface area contributed by atoms with Crippen LogP contribution in [0.25, 0.3) is 0 Å². The molecule has 1 aromatic carbocycles. The van der Waals surface area contributed by atoms with E-state index in [1.54, 1.807) is 12.1 Å². The fraction of sp³-hybridized carbons (Fsp3) is 0.167. The van der Waals surface area contributed by atoms with Gasteiger partial charge in [-0.15, -0.1) is 0 Å². The Kier molecular flexibility index (Phi) is 4.10. The number of carbonyl (C=O) groups excluding carboxylic acids is 2. The van der Waals surface area contributed by atoms with Gasteiger partial charge in [0.2, 0.25) is 5.91 Å². The molecule has 1 amide bonds. The van der Waals surface area contributed by atoms with Crippen molar-refractivity contribution in [2.45, 2.75) is 6.92 Å². The van der Waals surface area contributed by atoms with Crippen LogP contribution in [-0.2, 0) is 4.79 Å². The van der Waals surface area contributed by atoms with Crippen molar-refractivity contribution < 1.29 is 14.7 Å². The summed E-state index contributed by atoms with van der Waals surface area (Å²) in [6.45, 7) is 1.60. The first kappa shape index (κ1) is 11.8. The molecule has 0 atom stereocenters. The number of para-hydroxylation sites is 1. The third kappa shape index (κ3) is 3.14. The number of nitrogens with one attached hydrogen (secondary N) is 1. The van der Waals surface area contributed by atoms with Crippen LogP contribution in [0.3, 0.4) is 0 Å². The minimum Gasteiger partial charge on any atom is -0.506 e. The first-order valence-electron chi connectivity index (χ1n) is 4.65. The van der Waals surface area contributed by atoms with E-state index in [4.69, 9.17) is 0 Å². The Morgan fingerprint density at radius 1 is 1.56 bits per heavy atom. The normalized spacial score (nSPS) is 8.81. The molecular weight excluding hydrogens is 206 g/mol. The minimum absolute atomic E-state index is 0.132. The lowest BCUT2D eigenvalue weighted by atomic mass is 10.1. The molecule has 0 aliphatic carbocycles. The first-order valence-corrected chi connectivity index (χ1v) is 4.65. The average molecular weight is 217 g/mol. The highest BCUT2D eigenvalue weighted by Gasteiger charge is 2.02. The summed E-state index contributed by atoms with van der Waals surface area (Å²) < 4.78 is 0. The number of phenols is 1. The highest BCUT2D eigenvalue weighted by Crippen LogP contribution is 2.19. The molecule has 0 aliphatic rings. The largest absolute Gasteiger partial charge is 0.506 e. The third-order valence-corrected chi connectivity index (χ3v) is 1.84. The van der Waals surface area contributed by atoms with Crippen LogP contribution in [0.15, 0.2) is 18.2 Å². The molecule has 0 aliphatic heterocycles. The molecule has 0 bridgehead atoms. The number of phenolic OH excluding ortho intramolecular Hbond substituents is 1. The van der Waals surface area contributed by atoms with E-state index in [0.29, 0.717) is 11.8 Å². The van der Waals surface area contributed by atoms with Crippen molar-refractivity contribution in [3.05, 3.63) is 29.3 Å². The minimum atomic E-state index is -0.167.